The van der Waals surface area contributed by atoms with E-state index in [-0.39, 0.29) is 15.5 Å². The van der Waals surface area contributed by atoms with Crippen LogP contribution in [0.4, 0.5) is 5.69 Å². The number of sulfonamides is 1. The van der Waals surface area contributed by atoms with Crippen LogP contribution in [0.1, 0.15) is 6.92 Å². The summed E-state index contributed by atoms with van der Waals surface area (Å²) >= 11 is 6.19. The van der Waals surface area contributed by atoms with Crippen molar-refractivity contribution in [3.63, 3.8) is 0 Å². The van der Waals surface area contributed by atoms with Gasteiger partial charge < -0.3 is 4.42 Å². The zero-order valence-corrected chi connectivity index (χ0v) is 14.6. The van der Waals surface area contributed by atoms with Crippen LogP contribution in [-0.2, 0) is 16.6 Å². The third kappa shape index (κ3) is 2.59. The van der Waals surface area contributed by atoms with Gasteiger partial charge in [0.2, 0.25) is 0 Å². The van der Waals surface area contributed by atoms with E-state index in [1.807, 2.05) is 0 Å². The largest absolute Gasteiger partial charge is 0.419 e. The van der Waals surface area contributed by atoms with E-state index in [1.54, 1.807) is 37.3 Å². The molecule has 2 aromatic carbocycles. The van der Waals surface area contributed by atoms with Crippen molar-refractivity contribution in [1.82, 2.24) is 4.57 Å². The lowest BCUT2D eigenvalue weighted by Gasteiger charge is -2.20. The summed E-state index contributed by atoms with van der Waals surface area (Å²) in [6, 6.07) is 11.4. The van der Waals surface area contributed by atoms with E-state index in [2.05, 4.69) is 0 Å². The lowest BCUT2D eigenvalue weighted by atomic mass is 10.3. The number of anilines is 1. The maximum absolute atomic E-state index is 12.9. The van der Waals surface area contributed by atoms with Crippen molar-refractivity contribution >= 4 is 38.4 Å². The molecule has 6 nitrogen and oxygen atoms in total. The van der Waals surface area contributed by atoms with Crippen LogP contribution in [0.3, 0.4) is 0 Å². The Hall–Kier alpha value is -2.25. The molecule has 0 aliphatic heterocycles. The molecule has 0 saturated heterocycles. The van der Waals surface area contributed by atoms with Crippen LogP contribution in [0.25, 0.3) is 11.1 Å². The van der Waals surface area contributed by atoms with Gasteiger partial charge in [-0.05, 0) is 25.1 Å². The van der Waals surface area contributed by atoms with Gasteiger partial charge in [0.05, 0.1) is 16.2 Å². The summed E-state index contributed by atoms with van der Waals surface area (Å²) in [4.78, 5) is 11.7. The summed E-state index contributed by atoms with van der Waals surface area (Å²) in [5, 5.41) is 0.0354. The fourth-order valence-electron chi connectivity index (χ4n) is 2.49. The number of rotatable bonds is 4. The minimum atomic E-state index is -3.89. The van der Waals surface area contributed by atoms with Gasteiger partial charge in [-0.2, -0.15) is 0 Å². The highest BCUT2D eigenvalue weighted by Gasteiger charge is 2.26. The van der Waals surface area contributed by atoms with Crippen LogP contribution in [0.2, 0.25) is 5.02 Å². The molecule has 0 saturated carbocycles. The predicted octanol–water partition coefficient (Wildman–Crippen LogP) is 3.09. The zero-order chi connectivity index (χ0) is 17.5. The summed E-state index contributed by atoms with van der Waals surface area (Å²) in [6.07, 6.45) is 0. The Morgan fingerprint density at radius 2 is 1.88 bits per heavy atom. The number of benzene rings is 2. The monoisotopic (exact) mass is 366 g/mol. The summed E-state index contributed by atoms with van der Waals surface area (Å²) in [7, 11) is -2.45. The van der Waals surface area contributed by atoms with Gasteiger partial charge in [0, 0.05) is 19.7 Å². The second-order valence-corrected chi connectivity index (χ2v) is 7.52. The minimum Gasteiger partial charge on any atom is -0.408 e. The number of fused-ring (bicyclic) bond motifs is 1. The number of hydrogen-bond donors (Lipinski definition) is 0. The molecule has 3 rings (SSSR count). The van der Waals surface area contributed by atoms with E-state index in [1.165, 1.54) is 23.7 Å². The molecule has 24 heavy (non-hydrogen) atoms. The lowest BCUT2D eigenvalue weighted by Crippen LogP contribution is -2.26. The molecule has 0 aliphatic carbocycles. The van der Waals surface area contributed by atoms with E-state index >= 15 is 0 Å². The van der Waals surface area contributed by atoms with Gasteiger partial charge in [-0.1, -0.05) is 29.8 Å². The molecule has 0 atom stereocenters. The lowest BCUT2D eigenvalue weighted by molar-refractivity contribution is 0.512. The Bertz CT molecular complexity index is 1050. The van der Waals surface area contributed by atoms with E-state index < -0.39 is 15.8 Å². The Balaban J connectivity index is 2.18. The number of halogens is 1. The molecule has 0 spiro atoms. The highest BCUT2D eigenvalue weighted by molar-refractivity contribution is 7.93. The van der Waals surface area contributed by atoms with Crippen molar-refractivity contribution in [1.29, 1.82) is 0 Å². The van der Waals surface area contributed by atoms with Crippen LogP contribution in [0.15, 0.2) is 56.6 Å². The molecule has 1 aromatic heterocycles. The van der Waals surface area contributed by atoms with E-state index in [0.717, 1.165) is 4.31 Å². The molecule has 0 bridgehead atoms. The molecule has 0 aliphatic rings. The first-order valence-corrected chi connectivity index (χ1v) is 9.05. The summed E-state index contributed by atoms with van der Waals surface area (Å²) in [6.45, 7) is 2.19. The summed E-state index contributed by atoms with van der Waals surface area (Å²) < 4.78 is 33.4. The second-order valence-electron chi connectivity index (χ2n) is 5.17. The number of hydrogen-bond acceptors (Lipinski definition) is 4. The van der Waals surface area contributed by atoms with Crippen LogP contribution >= 0.6 is 11.6 Å². The van der Waals surface area contributed by atoms with Crippen LogP contribution in [0.5, 0.6) is 0 Å². The Labute approximate surface area is 143 Å². The van der Waals surface area contributed by atoms with E-state index in [9.17, 15) is 13.2 Å². The molecular formula is C16H15ClN2O4S. The molecule has 1 heterocycles. The molecule has 0 N–H and O–H groups in total. The zero-order valence-electron chi connectivity index (χ0n) is 13.1. The normalized spacial score (nSPS) is 11.8. The van der Waals surface area contributed by atoms with Crippen molar-refractivity contribution in [2.45, 2.75) is 18.4 Å². The first kappa shape index (κ1) is 16.6. The Kier molecular flexibility index (Phi) is 4.15. The fraction of sp³-hybridized carbons (Fsp3) is 0.188. The van der Waals surface area contributed by atoms with Crippen molar-refractivity contribution in [3.05, 3.63) is 58.0 Å². The number of aromatic nitrogens is 1. The van der Waals surface area contributed by atoms with Gasteiger partial charge in [0.15, 0.2) is 5.58 Å². The molecule has 0 unspecified atom stereocenters. The highest BCUT2D eigenvalue weighted by Crippen LogP contribution is 2.31. The number of para-hydroxylation sites is 1. The molecule has 0 fully saturated rings. The van der Waals surface area contributed by atoms with Crippen LogP contribution < -0.4 is 10.1 Å². The molecule has 3 aromatic rings. The first-order chi connectivity index (χ1) is 11.4. The highest BCUT2D eigenvalue weighted by atomic mass is 35.5. The van der Waals surface area contributed by atoms with Crippen LogP contribution in [-0.4, -0.2) is 20.0 Å². The average Bonchev–Trinajstić information content (AvgIpc) is 2.88. The fourth-order valence-corrected chi connectivity index (χ4v) is 4.19. The molecule has 0 radical (unpaired) electrons. The predicted molar refractivity (Wildman–Crippen MR) is 93.2 cm³/mol. The van der Waals surface area contributed by atoms with Gasteiger partial charge in [0.1, 0.15) is 4.90 Å². The topological polar surface area (TPSA) is 72.5 Å². The summed E-state index contributed by atoms with van der Waals surface area (Å²) in [5.74, 6) is -0.547. The van der Waals surface area contributed by atoms with Crippen molar-refractivity contribution in [2.75, 3.05) is 11.4 Å². The average molecular weight is 367 g/mol. The number of aryl methyl sites for hydroxylation is 1. The van der Waals surface area contributed by atoms with Gasteiger partial charge in [0.25, 0.3) is 10.0 Å². The quantitative estimate of drug-likeness (QED) is 0.711. The van der Waals surface area contributed by atoms with E-state index in [4.69, 9.17) is 16.0 Å². The maximum Gasteiger partial charge on any atom is 0.419 e. The van der Waals surface area contributed by atoms with Crippen LogP contribution in [0, 0.1) is 0 Å². The standard InChI is InChI=1S/C16H15ClN2O4S/c1-3-19-13-9-12(17)15(10-14(13)23-16(19)20)24(21,22)18(2)11-7-5-4-6-8-11/h4-10H,3H2,1-2H3. The minimum absolute atomic E-state index is 0.0354. The third-order valence-corrected chi connectivity index (χ3v) is 6.05. The van der Waals surface area contributed by atoms with Gasteiger partial charge >= 0.3 is 5.76 Å². The number of nitrogens with zero attached hydrogens (tertiary/aromatic N) is 2. The molecule has 0 amide bonds. The Morgan fingerprint density at radius 1 is 1.21 bits per heavy atom. The molecular weight excluding hydrogens is 352 g/mol. The second kappa shape index (κ2) is 5.99. The first-order valence-electron chi connectivity index (χ1n) is 7.23. The van der Waals surface area contributed by atoms with Crippen molar-refractivity contribution < 1.29 is 12.8 Å². The maximum atomic E-state index is 12.9. The van der Waals surface area contributed by atoms with Gasteiger partial charge in [-0.25, -0.2) is 13.2 Å². The molecule has 8 heteroatoms. The van der Waals surface area contributed by atoms with Gasteiger partial charge in [-0.15, -0.1) is 0 Å². The smallest absolute Gasteiger partial charge is 0.408 e. The molecule has 126 valence electrons. The van der Waals surface area contributed by atoms with Crippen molar-refractivity contribution in [3.8, 4) is 0 Å². The van der Waals surface area contributed by atoms with Crippen molar-refractivity contribution in [2.24, 2.45) is 0 Å². The van der Waals surface area contributed by atoms with Gasteiger partial charge in [-0.3, -0.25) is 8.87 Å². The Morgan fingerprint density at radius 3 is 2.50 bits per heavy atom. The summed E-state index contributed by atoms with van der Waals surface area (Å²) in [5.41, 5.74) is 1.15. The van der Waals surface area contributed by atoms with E-state index in [0.29, 0.717) is 17.7 Å². The number of oxazole rings is 1. The third-order valence-electron chi connectivity index (χ3n) is 3.80. The SMILES string of the molecule is CCn1c(=O)oc2cc(S(=O)(=O)N(C)c3ccccc3)c(Cl)cc21.